The van der Waals surface area contributed by atoms with Crippen LogP contribution in [0.1, 0.15) is 55.4 Å². The van der Waals surface area contributed by atoms with Gasteiger partial charge in [-0.3, -0.25) is 20.4 Å². The van der Waals surface area contributed by atoms with Crippen LogP contribution in [-0.4, -0.2) is 21.8 Å². The van der Waals surface area contributed by atoms with E-state index in [0.29, 0.717) is 17.0 Å². The standard InChI is InChI=1S/C24H23ClN4O2/c1-22(2)23(3)11-12-24(22,19-18(23)26-16-9-4-5-10-17(16)27-19)21(31)29-28-20(30)14-7-6-8-15(25)13-14/h4-10,13H,11-12H2,1-3H3,(H,28,30)(H,29,31). The summed E-state index contributed by atoms with van der Waals surface area (Å²) >= 11 is 5.98. The first kappa shape index (κ1) is 19.9. The van der Waals surface area contributed by atoms with Gasteiger partial charge in [0.1, 0.15) is 5.41 Å². The van der Waals surface area contributed by atoms with E-state index in [1.807, 2.05) is 24.3 Å². The smallest absolute Gasteiger partial charge is 0.269 e. The Morgan fingerprint density at radius 2 is 1.58 bits per heavy atom. The third-order valence-corrected chi connectivity index (χ3v) is 7.94. The zero-order valence-electron chi connectivity index (χ0n) is 17.6. The summed E-state index contributed by atoms with van der Waals surface area (Å²) in [5.74, 6) is -0.687. The Kier molecular flexibility index (Phi) is 4.18. The average Bonchev–Trinajstić information content (AvgIpc) is 3.05. The Morgan fingerprint density at radius 3 is 2.26 bits per heavy atom. The summed E-state index contributed by atoms with van der Waals surface area (Å²) in [5, 5.41) is 0.456. The summed E-state index contributed by atoms with van der Waals surface area (Å²) in [6.07, 6.45) is 1.48. The molecule has 2 unspecified atom stereocenters. The van der Waals surface area contributed by atoms with Crippen molar-refractivity contribution >= 4 is 34.4 Å². The van der Waals surface area contributed by atoms with Crippen LogP contribution in [0.3, 0.4) is 0 Å². The van der Waals surface area contributed by atoms with Crippen molar-refractivity contribution in [2.24, 2.45) is 5.41 Å². The third-order valence-electron chi connectivity index (χ3n) is 7.71. The molecule has 0 aliphatic heterocycles. The second-order valence-electron chi connectivity index (χ2n) is 9.19. The molecular formula is C24H23ClN4O2. The Hall–Kier alpha value is -2.99. The highest BCUT2D eigenvalue weighted by Gasteiger charge is 2.73. The molecule has 158 valence electrons. The number of nitrogens with zero attached hydrogens (tertiary/aromatic N) is 2. The van der Waals surface area contributed by atoms with Crippen LogP contribution in [-0.2, 0) is 15.6 Å². The lowest BCUT2D eigenvalue weighted by molar-refractivity contribution is -0.131. The molecule has 0 radical (unpaired) electrons. The highest BCUT2D eigenvalue weighted by atomic mass is 35.5. The van der Waals surface area contributed by atoms with Gasteiger partial charge in [0, 0.05) is 16.0 Å². The van der Waals surface area contributed by atoms with Crippen molar-refractivity contribution in [3.8, 4) is 0 Å². The largest absolute Gasteiger partial charge is 0.272 e. The first-order valence-electron chi connectivity index (χ1n) is 10.3. The summed E-state index contributed by atoms with van der Waals surface area (Å²) in [5.41, 5.74) is 7.22. The Bertz CT molecular complexity index is 1260. The topological polar surface area (TPSA) is 84.0 Å². The molecule has 6 nitrogen and oxygen atoms in total. The van der Waals surface area contributed by atoms with Gasteiger partial charge in [-0.25, -0.2) is 9.97 Å². The first-order chi connectivity index (χ1) is 14.7. The van der Waals surface area contributed by atoms with Gasteiger partial charge in [-0.2, -0.15) is 0 Å². The van der Waals surface area contributed by atoms with Gasteiger partial charge in [-0.1, -0.05) is 50.6 Å². The molecule has 0 spiro atoms. The minimum atomic E-state index is -0.879. The lowest BCUT2D eigenvalue weighted by atomic mass is 9.63. The van der Waals surface area contributed by atoms with Crippen LogP contribution in [0.15, 0.2) is 48.5 Å². The molecule has 2 bridgehead atoms. The maximum Gasteiger partial charge on any atom is 0.269 e. The number of carbonyl (C=O) groups is 2. The molecule has 31 heavy (non-hydrogen) atoms. The summed E-state index contributed by atoms with van der Waals surface area (Å²) in [6.45, 7) is 6.38. The summed E-state index contributed by atoms with van der Waals surface area (Å²) in [4.78, 5) is 36.1. The second kappa shape index (κ2) is 6.50. The van der Waals surface area contributed by atoms with Crippen LogP contribution < -0.4 is 10.9 Å². The zero-order valence-corrected chi connectivity index (χ0v) is 18.4. The van der Waals surface area contributed by atoms with Gasteiger partial charge >= 0.3 is 0 Å². The lowest BCUT2D eigenvalue weighted by Gasteiger charge is -2.39. The van der Waals surface area contributed by atoms with Crippen molar-refractivity contribution in [2.45, 2.75) is 44.4 Å². The molecule has 2 aliphatic rings. The van der Waals surface area contributed by atoms with Crippen molar-refractivity contribution in [1.29, 1.82) is 0 Å². The molecule has 2 N–H and O–H groups in total. The van der Waals surface area contributed by atoms with Crippen molar-refractivity contribution in [3.63, 3.8) is 0 Å². The molecule has 0 saturated heterocycles. The van der Waals surface area contributed by atoms with Gasteiger partial charge in [0.05, 0.1) is 22.4 Å². The number of nitrogens with one attached hydrogen (secondary N) is 2. The highest BCUT2D eigenvalue weighted by molar-refractivity contribution is 6.31. The molecule has 5 rings (SSSR count). The maximum atomic E-state index is 13.7. The normalized spacial score (nSPS) is 25.3. The molecule has 2 atom stereocenters. The van der Waals surface area contributed by atoms with Gasteiger partial charge in [-0.05, 0) is 48.6 Å². The van der Waals surface area contributed by atoms with E-state index >= 15 is 0 Å². The van der Waals surface area contributed by atoms with Crippen LogP contribution >= 0.6 is 11.6 Å². The van der Waals surface area contributed by atoms with Crippen LogP contribution in [0.5, 0.6) is 0 Å². The number of para-hydroxylation sites is 2. The van der Waals surface area contributed by atoms with Gasteiger partial charge in [0.2, 0.25) is 0 Å². The molecule has 1 fully saturated rings. The van der Waals surface area contributed by atoms with E-state index < -0.39 is 16.7 Å². The number of aromatic nitrogens is 2. The van der Waals surface area contributed by atoms with Crippen LogP contribution in [0.2, 0.25) is 5.02 Å². The van der Waals surface area contributed by atoms with Crippen molar-refractivity contribution in [1.82, 2.24) is 20.8 Å². The number of hydrazine groups is 1. The van der Waals surface area contributed by atoms with E-state index in [9.17, 15) is 9.59 Å². The number of fused-ring (bicyclic) bond motifs is 6. The summed E-state index contributed by atoms with van der Waals surface area (Å²) in [7, 11) is 0. The van der Waals surface area contributed by atoms with Crippen LogP contribution in [0, 0.1) is 5.41 Å². The van der Waals surface area contributed by atoms with Crippen LogP contribution in [0.4, 0.5) is 0 Å². The Labute approximate surface area is 185 Å². The minimum Gasteiger partial charge on any atom is -0.272 e. The van der Waals surface area contributed by atoms with Gasteiger partial charge in [0.15, 0.2) is 0 Å². The first-order valence-corrected chi connectivity index (χ1v) is 10.7. The Morgan fingerprint density at radius 1 is 0.903 bits per heavy atom. The minimum absolute atomic E-state index is 0.264. The number of hydrogen-bond acceptors (Lipinski definition) is 4. The monoisotopic (exact) mass is 434 g/mol. The quantitative estimate of drug-likeness (QED) is 0.595. The molecule has 2 amide bonds. The second-order valence-corrected chi connectivity index (χ2v) is 9.63. The molecule has 7 heteroatoms. The SMILES string of the molecule is CC12CCC(C(=O)NNC(=O)c3cccc(Cl)c3)(c3nc4ccccc4nc31)C2(C)C. The molecule has 2 aromatic carbocycles. The number of hydrogen-bond donors (Lipinski definition) is 2. The molecule has 2 aliphatic carbocycles. The number of halogens is 1. The van der Waals surface area contributed by atoms with Crippen molar-refractivity contribution in [3.05, 3.63) is 70.5 Å². The highest BCUT2D eigenvalue weighted by Crippen LogP contribution is 2.70. The molecule has 3 aromatic rings. The predicted octanol–water partition coefficient (Wildman–Crippen LogP) is 4.07. The Balaban J connectivity index is 1.53. The fourth-order valence-electron chi connectivity index (χ4n) is 5.47. The van der Waals surface area contributed by atoms with E-state index in [1.54, 1.807) is 24.3 Å². The van der Waals surface area contributed by atoms with E-state index in [2.05, 4.69) is 31.6 Å². The number of benzene rings is 2. The van der Waals surface area contributed by atoms with E-state index in [4.69, 9.17) is 21.6 Å². The summed E-state index contributed by atoms with van der Waals surface area (Å²) < 4.78 is 0. The molecule has 1 heterocycles. The van der Waals surface area contributed by atoms with E-state index in [0.717, 1.165) is 28.8 Å². The third kappa shape index (κ3) is 2.51. The van der Waals surface area contributed by atoms with Crippen molar-refractivity contribution < 1.29 is 9.59 Å². The lowest BCUT2D eigenvalue weighted by Crippen LogP contribution is -2.55. The average molecular weight is 435 g/mol. The summed E-state index contributed by atoms with van der Waals surface area (Å²) in [6, 6.07) is 14.3. The molecule has 1 aromatic heterocycles. The molecule has 1 saturated carbocycles. The van der Waals surface area contributed by atoms with Crippen molar-refractivity contribution in [2.75, 3.05) is 0 Å². The van der Waals surface area contributed by atoms with Gasteiger partial charge in [0.25, 0.3) is 11.8 Å². The van der Waals surface area contributed by atoms with E-state index in [1.165, 1.54) is 0 Å². The fraction of sp³-hybridized carbons (Fsp3) is 0.333. The van der Waals surface area contributed by atoms with E-state index in [-0.39, 0.29) is 11.3 Å². The number of amides is 2. The number of rotatable bonds is 2. The zero-order chi connectivity index (χ0) is 22.0. The molecular weight excluding hydrogens is 412 g/mol. The predicted molar refractivity (Wildman–Crippen MR) is 119 cm³/mol. The fourth-order valence-corrected chi connectivity index (χ4v) is 5.66. The van der Waals surface area contributed by atoms with Gasteiger partial charge in [-0.15, -0.1) is 0 Å². The van der Waals surface area contributed by atoms with Gasteiger partial charge < -0.3 is 0 Å². The maximum absolute atomic E-state index is 13.7. The van der Waals surface area contributed by atoms with Crippen LogP contribution in [0.25, 0.3) is 11.0 Å². The number of carbonyl (C=O) groups excluding carboxylic acids is 2.